The summed E-state index contributed by atoms with van der Waals surface area (Å²) in [4.78, 5) is 24.2. The number of hydrogen-bond donors (Lipinski definition) is 1. The Labute approximate surface area is 159 Å². The fourth-order valence-electron chi connectivity index (χ4n) is 2.75. The number of hydrogen-bond acceptors (Lipinski definition) is 6. The van der Waals surface area contributed by atoms with Crippen molar-refractivity contribution in [2.24, 2.45) is 0 Å². The average Bonchev–Trinajstić information content (AvgIpc) is 3.21. The van der Waals surface area contributed by atoms with E-state index in [0.717, 1.165) is 19.3 Å². The number of esters is 1. The van der Waals surface area contributed by atoms with Gasteiger partial charge in [-0.3, -0.25) is 4.79 Å². The molecule has 0 spiro atoms. The van der Waals surface area contributed by atoms with Gasteiger partial charge < -0.3 is 14.8 Å². The van der Waals surface area contributed by atoms with Gasteiger partial charge in [-0.15, -0.1) is 0 Å². The third-order valence-electron chi connectivity index (χ3n) is 4.28. The van der Waals surface area contributed by atoms with Crippen molar-refractivity contribution in [1.82, 2.24) is 9.62 Å². The van der Waals surface area contributed by atoms with Crippen molar-refractivity contribution in [3.05, 3.63) is 23.8 Å². The van der Waals surface area contributed by atoms with E-state index in [4.69, 9.17) is 9.47 Å². The fourth-order valence-corrected chi connectivity index (χ4v) is 4.45. The Hall–Kier alpha value is -2.13. The molecule has 1 aromatic rings. The summed E-state index contributed by atoms with van der Waals surface area (Å²) in [6.45, 7) is 4.75. The molecule has 1 atom stereocenters. The first kappa shape index (κ1) is 21.2. The van der Waals surface area contributed by atoms with E-state index in [9.17, 15) is 18.0 Å². The summed E-state index contributed by atoms with van der Waals surface area (Å²) in [5.41, 5.74) is 0.0451. The highest BCUT2D eigenvalue weighted by Crippen LogP contribution is 2.30. The number of benzene rings is 1. The molecule has 150 valence electrons. The maximum absolute atomic E-state index is 12.9. The van der Waals surface area contributed by atoms with Crippen LogP contribution in [0.3, 0.4) is 0 Å². The molecule has 1 aliphatic rings. The van der Waals surface area contributed by atoms with Gasteiger partial charge in [0.25, 0.3) is 5.91 Å². The van der Waals surface area contributed by atoms with Gasteiger partial charge in [-0.1, -0.05) is 6.92 Å². The van der Waals surface area contributed by atoms with Crippen molar-refractivity contribution in [1.29, 1.82) is 0 Å². The van der Waals surface area contributed by atoms with Crippen LogP contribution in [0.1, 0.15) is 43.5 Å². The number of carbonyl (C=O) groups is 2. The minimum absolute atomic E-state index is 0.0451. The quantitative estimate of drug-likeness (QED) is 0.667. The van der Waals surface area contributed by atoms with E-state index in [1.54, 1.807) is 0 Å². The van der Waals surface area contributed by atoms with Crippen LogP contribution in [-0.2, 0) is 19.6 Å². The molecular weight excluding hydrogens is 372 g/mol. The molecule has 0 radical (unpaired) electrons. The van der Waals surface area contributed by atoms with E-state index < -0.39 is 28.0 Å². The zero-order chi connectivity index (χ0) is 20.0. The lowest BCUT2D eigenvalue weighted by molar-refractivity contribution is -0.129. The minimum Gasteiger partial charge on any atom is -0.495 e. The number of nitrogens with zero attached hydrogens (tertiary/aromatic N) is 1. The summed E-state index contributed by atoms with van der Waals surface area (Å²) in [6, 6.07) is 4.08. The molecule has 9 heteroatoms. The van der Waals surface area contributed by atoms with Crippen molar-refractivity contribution in [2.75, 3.05) is 26.7 Å². The summed E-state index contributed by atoms with van der Waals surface area (Å²) in [6.07, 6.45) is 1.38. The Balaban J connectivity index is 2.23. The second-order valence-electron chi connectivity index (χ2n) is 6.32. The third-order valence-corrected chi connectivity index (χ3v) is 6.20. The van der Waals surface area contributed by atoms with Crippen LogP contribution in [0, 0.1) is 0 Å². The van der Waals surface area contributed by atoms with Gasteiger partial charge in [0, 0.05) is 19.6 Å². The van der Waals surface area contributed by atoms with Gasteiger partial charge in [0.1, 0.15) is 10.6 Å². The van der Waals surface area contributed by atoms with E-state index >= 15 is 0 Å². The predicted octanol–water partition coefficient (Wildman–Crippen LogP) is 1.55. The highest BCUT2D eigenvalue weighted by Gasteiger charge is 2.31. The standard InChI is InChI=1S/C18H26N2O6S/c1-4-9-19-17(21)13(2)26-18(22)14-7-8-15(25-3)16(12-14)27(23,24)20-10-5-6-11-20/h7-8,12-13H,4-6,9-11H2,1-3H3,(H,19,21). The van der Waals surface area contributed by atoms with Crippen molar-refractivity contribution in [3.63, 3.8) is 0 Å². The Bertz CT molecular complexity index is 787. The van der Waals surface area contributed by atoms with Gasteiger partial charge in [0.05, 0.1) is 12.7 Å². The van der Waals surface area contributed by atoms with E-state index in [1.165, 1.54) is 36.5 Å². The van der Waals surface area contributed by atoms with Gasteiger partial charge in [-0.2, -0.15) is 4.31 Å². The molecule has 1 saturated heterocycles. The molecule has 0 saturated carbocycles. The van der Waals surface area contributed by atoms with E-state index in [0.29, 0.717) is 19.6 Å². The van der Waals surface area contributed by atoms with Crippen molar-refractivity contribution >= 4 is 21.9 Å². The molecule has 1 heterocycles. The zero-order valence-electron chi connectivity index (χ0n) is 15.9. The monoisotopic (exact) mass is 398 g/mol. The van der Waals surface area contributed by atoms with Crippen LogP contribution in [-0.4, -0.2) is 57.4 Å². The SMILES string of the molecule is CCCNC(=O)C(C)OC(=O)c1ccc(OC)c(S(=O)(=O)N2CCCC2)c1. The van der Waals surface area contributed by atoms with Crippen molar-refractivity contribution in [3.8, 4) is 5.75 Å². The highest BCUT2D eigenvalue weighted by atomic mass is 32.2. The maximum atomic E-state index is 12.9. The summed E-state index contributed by atoms with van der Waals surface area (Å²) < 4.78 is 37.4. The Morgan fingerprint density at radius 1 is 1.26 bits per heavy atom. The van der Waals surface area contributed by atoms with E-state index in [2.05, 4.69) is 5.32 Å². The summed E-state index contributed by atoms with van der Waals surface area (Å²) in [5, 5.41) is 2.64. The molecule has 1 aromatic carbocycles. The molecule has 0 aliphatic carbocycles. The lowest BCUT2D eigenvalue weighted by Gasteiger charge is -2.18. The van der Waals surface area contributed by atoms with Gasteiger partial charge in [0.15, 0.2) is 6.10 Å². The largest absolute Gasteiger partial charge is 0.495 e. The van der Waals surface area contributed by atoms with Crippen LogP contribution in [0.2, 0.25) is 0 Å². The molecule has 1 unspecified atom stereocenters. The number of nitrogens with one attached hydrogen (secondary N) is 1. The second-order valence-corrected chi connectivity index (χ2v) is 8.22. The first-order valence-corrected chi connectivity index (χ1v) is 10.4. The molecular formula is C18H26N2O6S. The predicted molar refractivity (Wildman–Crippen MR) is 99.2 cm³/mol. The summed E-state index contributed by atoms with van der Waals surface area (Å²) in [5.74, 6) is -1.01. The average molecular weight is 398 g/mol. The smallest absolute Gasteiger partial charge is 0.338 e. The van der Waals surface area contributed by atoms with E-state index in [1.807, 2.05) is 6.92 Å². The number of methoxy groups -OCH3 is 1. The van der Waals surface area contributed by atoms with Crippen LogP contribution in [0.4, 0.5) is 0 Å². The highest BCUT2D eigenvalue weighted by molar-refractivity contribution is 7.89. The van der Waals surface area contributed by atoms with Gasteiger partial charge in [-0.25, -0.2) is 13.2 Å². The molecule has 1 fully saturated rings. The zero-order valence-corrected chi connectivity index (χ0v) is 16.7. The van der Waals surface area contributed by atoms with Crippen LogP contribution in [0.25, 0.3) is 0 Å². The second kappa shape index (κ2) is 9.18. The molecule has 2 rings (SSSR count). The first-order chi connectivity index (χ1) is 12.8. The third kappa shape index (κ3) is 4.98. The Morgan fingerprint density at radius 3 is 2.52 bits per heavy atom. The van der Waals surface area contributed by atoms with E-state index in [-0.39, 0.29) is 16.2 Å². The number of sulfonamides is 1. The lowest BCUT2D eigenvalue weighted by Crippen LogP contribution is -2.36. The number of ether oxygens (including phenoxy) is 2. The molecule has 0 aromatic heterocycles. The molecule has 27 heavy (non-hydrogen) atoms. The lowest BCUT2D eigenvalue weighted by atomic mass is 10.2. The Morgan fingerprint density at radius 2 is 1.93 bits per heavy atom. The van der Waals surface area contributed by atoms with Crippen LogP contribution in [0.15, 0.2) is 23.1 Å². The normalized spacial score (nSPS) is 16.0. The van der Waals surface area contributed by atoms with Gasteiger partial charge >= 0.3 is 5.97 Å². The van der Waals surface area contributed by atoms with Crippen LogP contribution < -0.4 is 10.1 Å². The number of amides is 1. The number of carbonyl (C=O) groups excluding carboxylic acids is 2. The number of rotatable bonds is 8. The fraction of sp³-hybridized carbons (Fsp3) is 0.556. The molecule has 0 bridgehead atoms. The van der Waals surface area contributed by atoms with Gasteiger partial charge in [-0.05, 0) is 44.4 Å². The molecule has 8 nitrogen and oxygen atoms in total. The summed E-state index contributed by atoms with van der Waals surface area (Å²) >= 11 is 0. The Kier molecular flexibility index (Phi) is 7.20. The topological polar surface area (TPSA) is 102 Å². The summed E-state index contributed by atoms with van der Waals surface area (Å²) in [7, 11) is -2.40. The van der Waals surface area contributed by atoms with Gasteiger partial charge in [0.2, 0.25) is 10.0 Å². The van der Waals surface area contributed by atoms with Crippen LogP contribution in [0.5, 0.6) is 5.75 Å². The van der Waals surface area contributed by atoms with Crippen LogP contribution >= 0.6 is 0 Å². The molecule has 1 aliphatic heterocycles. The molecule has 1 amide bonds. The minimum atomic E-state index is -3.77. The molecule has 1 N–H and O–H groups in total. The maximum Gasteiger partial charge on any atom is 0.338 e. The first-order valence-electron chi connectivity index (χ1n) is 8.98. The van der Waals surface area contributed by atoms with Crippen molar-refractivity contribution in [2.45, 2.75) is 44.1 Å². The van der Waals surface area contributed by atoms with Crippen molar-refractivity contribution < 1.29 is 27.5 Å².